The van der Waals surface area contributed by atoms with Crippen LogP contribution in [0.25, 0.3) is 0 Å². The normalized spacial score (nSPS) is 38.7. The Kier molecular flexibility index (Phi) is 3.50. The van der Waals surface area contributed by atoms with Gasteiger partial charge in [0.15, 0.2) is 0 Å². The molecule has 2 heteroatoms. The molecule has 32 heavy (non-hydrogen) atoms. The molecule has 0 N–H and O–H groups in total. The molecule has 1 aliphatic heterocycles. The quantitative estimate of drug-likeness (QED) is 0.467. The van der Waals surface area contributed by atoms with Crippen LogP contribution in [-0.4, -0.2) is 13.7 Å². The molecule has 4 bridgehead atoms. The molecule has 1 heterocycles. The van der Waals surface area contributed by atoms with Crippen molar-refractivity contribution >= 4 is 17.1 Å². The Balaban J connectivity index is 1.37. The molecule has 0 amide bonds. The fourth-order valence-electron chi connectivity index (χ4n) is 8.19. The molecule has 0 unspecified atom stereocenters. The Hall–Kier alpha value is -1.96. The molecule has 2 nitrogen and oxygen atoms in total. The molecule has 0 atom stereocenters. The smallest absolute Gasteiger partial charge is 0.0950 e. The summed E-state index contributed by atoms with van der Waals surface area (Å²) in [5.41, 5.74) is 12.3. The van der Waals surface area contributed by atoms with Crippen molar-refractivity contribution in [2.24, 2.45) is 0 Å². The average Bonchev–Trinajstić information content (AvgIpc) is 3.12. The molecule has 168 valence electrons. The van der Waals surface area contributed by atoms with Crippen LogP contribution < -0.4 is 9.80 Å². The standard InChI is InChI=1S/C30H38N2/c1-27-8-10-28(2,11-9-27)22-16-20(6-7-21(22)27)32-19-31(5)25-17-23-24(18-26(25)32)30(4)14-12-29(23,3)13-15-30/h6-7,16-18H,8-15,19H2,1-5H3. The summed E-state index contributed by atoms with van der Waals surface area (Å²) < 4.78 is 0. The van der Waals surface area contributed by atoms with Crippen LogP contribution in [0.1, 0.15) is 101 Å². The molecule has 6 aliphatic carbocycles. The number of hydrogen-bond donors (Lipinski definition) is 0. The predicted molar refractivity (Wildman–Crippen MR) is 135 cm³/mol. The van der Waals surface area contributed by atoms with Crippen molar-refractivity contribution < 1.29 is 0 Å². The first-order valence-electron chi connectivity index (χ1n) is 13.0. The summed E-state index contributed by atoms with van der Waals surface area (Å²) in [5.74, 6) is 0. The van der Waals surface area contributed by atoms with Crippen LogP contribution in [0.3, 0.4) is 0 Å². The largest absolute Gasteiger partial charge is 0.355 e. The number of fused-ring (bicyclic) bond motifs is 5. The second-order valence-electron chi connectivity index (χ2n) is 13.1. The van der Waals surface area contributed by atoms with E-state index < -0.39 is 0 Å². The van der Waals surface area contributed by atoms with Gasteiger partial charge in [-0.15, -0.1) is 0 Å². The summed E-state index contributed by atoms with van der Waals surface area (Å²) in [5, 5.41) is 0. The van der Waals surface area contributed by atoms with Crippen molar-refractivity contribution in [1.29, 1.82) is 0 Å². The minimum atomic E-state index is 0.367. The van der Waals surface area contributed by atoms with E-state index in [0.717, 1.165) is 6.67 Å². The first-order valence-corrected chi connectivity index (χ1v) is 13.0. The predicted octanol–water partition coefficient (Wildman–Crippen LogP) is 7.44. The maximum atomic E-state index is 2.60. The second-order valence-corrected chi connectivity index (χ2v) is 13.1. The Labute approximate surface area is 194 Å². The zero-order valence-electron chi connectivity index (χ0n) is 20.6. The fraction of sp³-hybridized carbons (Fsp3) is 0.600. The Morgan fingerprint density at radius 2 is 1.00 bits per heavy atom. The fourth-order valence-corrected chi connectivity index (χ4v) is 8.19. The SMILES string of the molecule is CN1CN(c2ccc3c(c2)C2(C)CCC3(C)CC2)c2cc3c(cc21)C1(C)CCC3(C)CC1. The lowest BCUT2D eigenvalue weighted by Crippen LogP contribution is -2.44. The van der Waals surface area contributed by atoms with Gasteiger partial charge in [-0.05, 0) is 120 Å². The summed E-state index contributed by atoms with van der Waals surface area (Å²) in [7, 11) is 2.28. The number of benzene rings is 2. The number of hydrogen-bond acceptors (Lipinski definition) is 2. The Morgan fingerprint density at radius 1 is 0.562 bits per heavy atom. The maximum absolute atomic E-state index is 2.60. The molecule has 2 aromatic rings. The van der Waals surface area contributed by atoms with E-state index in [9.17, 15) is 0 Å². The van der Waals surface area contributed by atoms with Gasteiger partial charge in [0.05, 0.1) is 18.0 Å². The Morgan fingerprint density at radius 3 is 1.53 bits per heavy atom. The van der Waals surface area contributed by atoms with E-state index in [1.807, 2.05) is 0 Å². The summed E-state index contributed by atoms with van der Waals surface area (Å²) >= 11 is 0. The first kappa shape index (κ1) is 19.5. The van der Waals surface area contributed by atoms with Crippen LogP contribution in [0.4, 0.5) is 17.1 Å². The molecule has 0 aromatic heterocycles. The minimum absolute atomic E-state index is 0.367. The first-order chi connectivity index (χ1) is 15.1. The monoisotopic (exact) mass is 426 g/mol. The van der Waals surface area contributed by atoms with Crippen molar-refractivity contribution in [2.45, 2.75) is 101 Å². The third kappa shape index (κ3) is 2.27. The zero-order chi connectivity index (χ0) is 22.1. The van der Waals surface area contributed by atoms with Crippen molar-refractivity contribution in [3.05, 3.63) is 52.6 Å². The van der Waals surface area contributed by atoms with Gasteiger partial charge < -0.3 is 9.80 Å². The minimum Gasteiger partial charge on any atom is -0.355 e. The van der Waals surface area contributed by atoms with Crippen LogP contribution in [-0.2, 0) is 21.7 Å². The lowest BCUT2D eigenvalue weighted by Gasteiger charge is -2.52. The van der Waals surface area contributed by atoms with E-state index in [1.165, 1.54) is 68.4 Å². The number of anilines is 3. The molecular weight excluding hydrogens is 388 g/mol. The van der Waals surface area contributed by atoms with E-state index in [0.29, 0.717) is 21.7 Å². The van der Waals surface area contributed by atoms with Gasteiger partial charge in [-0.2, -0.15) is 0 Å². The summed E-state index contributed by atoms with van der Waals surface area (Å²) in [6.07, 6.45) is 10.8. The van der Waals surface area contributed by atoms with Gasteiger partial charge in [0, 0.05) is 12.7 Å². The molecule has 0 spiro atoms. The van der Waals surface area contributed by atoms with Gasteiger partial charge in [0.2, 0.25) is 0 Å². The Bertz CT molecular complexity index is 1140. The van der Waals surface area contributed by atoms with Crippen molar-refractivity contribution in [3.8, 4) is 0 Å². The topological polar surface area (TPSA) is 6.48 Å². The van der Waals surface area contributed by atoms with Gasteiger partial charge in [-0.1, -0.05) is 33.8 Å². The molecule has 9 rings (SSSR count). The zero-order valence-corrected chi connectivity index (χ0v) is 20.6. The highest BCUT2D eigenvalue weighted by molar-refractivity contribution is 5.84. The van der Waals surface area contributed by atoms with Gasteiger partial charge in [-0.3, -0.25) is 0 Å². The number of nitrogens with zero attached hydrogens (tertiary/aromatic N) is 2. The lowest BCUT2D eigenvalue weighted by molar-refractivity contribution is 0.188. The van der Waals surface area contributed by atoms with E-state index >= 15 is 0 Å². The van der Waals surface area contributed by atoms with Crippen molar-refractivity contribution in [1.82, 2.24) is 0 Å². The maximum Gasteiger partial charge on any atom is 0.0950 e. The van der Waals surface area contributed by atoms with Gasteiger partial charge in [-0.25, -0.2) is 0 Å². The van der Waals surface area contributed by atoms with Crippen molar-refractivity contribution in [3.63, 3.8) is 0 Å². The van der Waals surface area contributed by atoms with E-state index in [2.05, 4.69) is 74.9 Å². The van der Waals surface area contributed by atoms with Gasteiger partial charge >= 0.3 is 0 Å². The molecule has 0 radical (unpaired) electrons. The van der Waals surface area contributed by atoms with Gasteiger partial charge in [0.25, 0.3) is 0 Å². The summed E-state index contributed by atoms with van der Waals surface area (Å²) in [4.78, 5) is 5.07. The van der Waals surface area contributed by atoms with Crippen molar-refractivity contribution in [2.75, 3.05) is 23.5 Å². The average molecular weight is 427 g/mol. The second kappa shape index (κ2) is 5.75. The third-order valence-electron chi connectivity index (χ3n) is 11.0. The highest BCUT2D eigenvalue weighted by atomic mass is 15.4. The van der Waals surface area contributed by atoms with Crippen LogP contribution in [0, 0.1) is 0 Å². The van der Waals surface area contributed by atoms with Crippen LogP contribution in [0.5, 0.6) is 0 Å². The van der Waals surface area contributed by atoms with E-state index in [1.54, 1.807) is 22.3 Å². The van der Waals surface area contributed by atoms with E-state index in [4.69, 9.17) is 0 Å². The van der Waals surface area contributed by atoms with Crippen LogP contribution in [0.15, 0.2) is 30.3 Å². The molecule has 2 saturated carbocycles. The molecule has 0 saturated heterocycles. The third-order valence-corrected chi connectivity index (χ3v) is 11.0. The highest BCUT2D eigenvalue weighted by Crippen LogP contribution is 2.60. The van der Waals surface area contributed by atoms with Crippen LogP contribution in [0.2, 0.25) is 0 Å². The summed E-state index contributed by atoms with van der Waals surface area (Å²) in [6.45, 7) is 11.0. The van der Waals surface area contributed by atoms with E-state index in [-0.39, 0.29) is 0 Å². The highest BCUT2D eigenvalue weighted by Gasteiger charge is 2.50. The molecule has 2 aromatic carbocycles. The lowest BCUT2D eigenvalue weighted by atomic mass is 9.52. The molecule has 2 fully saturated rings. The van der Waals surface area contributed by atoms with Crippen LogP contribution >= 0.6 is 0 Å². The molecule has 7 aliphatic rings. The summed E-state index contributed by atoms with van der Waals surface area (Å²) in [6, 6.07) is 12.7. The molecular formula is C30H38N2. The number of rotatable bonds is 1. The van der Waals surface area contributed by atoms with Gasteiger partial charge in [0.1, 0.15) is 0 Å².